The van der Waals surface area contributed by atoms with Crippen molar-refractivity contribution in [2.45, 2.75) is 77.7 Å². The van der Waals surface area contributed by atoms with Gasteiger partial charge >= 0.3 is 0 Å². The van der Waals surface area contributed by atoms with Crippen molar-refractivity contribution in [3.63, 3.8) is 0 Å². The van der Waals surface area contributed by atoms with E-state index in [4.69, 9.17) is 14.1 Å². The molecule has 2 heterocycles. The molecule has 0 saturated carbocycles. The van der Waals surface area contributed by atoms with Crippen LogP contribution in [0.1, 0.15) is 91.3 Å². The first kappa shape index (κ1) is 23.9. The first-order chi connectivity index (χ1) is 16.1. The molecule has 0 spiro atoms. The van der Waals surface area contributed by atoms with Crippen LogP contribution >= 0.6 is 0 Å². The first-order valence-corrected chi connectivity index (χ1v) is 12.0. The molecular weight excluding hydrogens is 424 g/mol. The number of carbonyl (C=O) groups is 1. The van der Waals surface area contributed by atoms with Gasteiger partial charge in [0.15, 0.2) is 5.76 Å². The highest BCUT2D eigenvalue weighted by atomic mass is 16.4. The molecule has 1 aromatic carbocycles. The van der Waals surface area contributed by atoms with Gasteiger partial charge in [-0.05, 0) is 77.1 Å². The fourth-order valence-electron chi connectivity index (χ4n) is 4.92. The average molecular weight is 459 g/mol. The summed E-state index contributed by atoms with van der Waals surface area (Å²) in [6.07, 6.45) is 4.83. The number of hydrogen-bond acceptors (Lipinski definition) is 4. The van der Waals surface area contributed by atoms with Crippen molar-refractivity contribution in [3.05, 3.63) is 82.2 Å². The molecule has 0 unspecified atom stereocenters. The SMILES string of the molecule is Cc1cc2c(cc1Cc1ccc(C(=O)N(CCC#N)Cc3ccco3)o1)C(C)(C)CCC2(C)C. The molecule has 0 saturated heterocycles. The Morgan fingerprint density at radius 1 is 1.06 bits per heavy atom. The smallest absolute Gasteiger partial charge is 0.290 e. The van der Waals surface area contributed by atoms with Crippen LogP contribution in [-0.2, 0) is 23.8 Å². The van der Waals surface area contributed by atoms with Crippen LogP contribution in [0.2, 0.25) is 0 Å². The second kappa shape index (κ2) is 9.18. The molecule has 1 amide bonds. The molecule has 34 heavy (non-hydrogen) atoms. The van der Waals surface area contributed by atoms with E-state index in [9.17, 15) is 4.79 Å². The summed E-state index contributed by atoms with van der Waals surface area (Å²) in [5.74, 6) is 1.49. The number of rotatable bonds is 7. The van der Waals surface area contributed by atoms with Crippen molar-refractivity contribution in [2.75, 3.05) is 6.54 Å². The van der Waals surface area contributed by atoms with E-state index in [-0.39, 0.29) is 28.9 Å². The standard InChI is InChI=1S/C29H34N2O3/c1-20-16-24-25(29(4,5)12-11-28(24,2)3)18-21(20)17-22-9-10-26(34-22)27(32)31(14-7-13-30)19-23-8-6-15-33-23/h6,8-10,15-16,18H,7,11-12,14,17,19H2,1-5H3. The van der Waals surface area contributed by atoms with Gasteiger partial charge in [-0.2, -0.15) is 5.26 Å². The average Bonchev–Trinajstić information content (AvgIpc) is 3.47. The van der Waals surface area contributed by atoms with E-state index in [2.05, 4.69) is 52.8 Å². The topological polar surface area (TPSA) is 70.4 Å². The van der Waals surface area contributed by atoms with Gasteiger partial charge in [-0.1, -0.05) is 39.8 Å². The second-order valence-corrected chi connectivity index (χ2v) is 10.7. The number of hydrogen-bond donors (Lipinski definition) is 0. The molecule has 178 valence electrons. The number of nitriles is 1. The number of nitrogens with zero attached hydrogens (tertiary/aromatic N) is 2. The third kappa shape index (κ3) is 4.82. The van der Waals surface area contributed by atoms with E-state index in [1.165, 1.54) is 35.1 Å². The maximum atomic E-state index is 13.1. The van der Waals surface area contributed by atoms with Gasteiger partial charge in [0.25, 0.3) is 5.91 Å². The van der Waals surface area contributed by atoms with Gasteiger partial charge in [-0.25, -0.2) is 0 Å². The van der Waals surface area contributed by atoms with Gasteiger partial charge in [0.1, 0.15) is 11.5 Å². The quantitative estimate of drug-likeness (QED) is 0.396. The normalized spacial score (nSPS) is 16.0. The minimum absolute atomic E-state index is 0.144. The zero-order valence-electron chi connectivity index (χ0n) is 20.9. The van der Waals surface area contributed by atoms with Crippen LogP contribution in [-0.4, -0.2) is 17.4 Å². The molecule has 1 aliphatic rings. The lowest BCUT2D eigenvalue weighted by atomic mass is 9.62. The largest absolute Gasteiger partial charge is 0.467 e. The van der Waals surface area contributed by atoms with E-state index in [0.717, 1.165) is 5.76 Å². The van der Waals surface area contributed by atoms with Crippen molar-refractivity contribution < 1.29 is 13.6 Å². The van der Waals surface area contributed by atoms with Gasteiger partial charge in [-0.3, -0.25) is 4.79 Å². The predicted octanol–water partition coefficient (Wildman–Crippen LogP) is 6.68. The highest BCUT2D eigenvalue weighted by Crippen LogP contribution is 2.46. The third-order valence-electron chi connectivity index (χ3n) is 7.25. The monoisotopic (exact) mass is 458 g/mol. The number of amides is 1. The molecule has 5 heteroatoms. The Morgan fingerprint density at radius 2 is 1.76 bits per heavy atom. The molecule has 0 atom stereocenters. The van der Waals surface area contributed by atoms with Crippen molar-refractivity contribution in [1.82, 2.24) is 4.90 Å². The molecule has 5 nitrogen and oxygen atoms in total. The maximum Gasteiger partial charge on any atom is 0.290 e. The van der Waals surface area contributed by atoms with Crippen LogP contribution < -0.4 is 0 Å². The van der Waals surface area contributed by atoms with E-state index in [1.54, 1.807) is 23.3 Å². The van der Waals surface area contributed by atoms with E-state index >= 15 is 0 Å². The molecule has 0 fully saturated rings. The Morgan fingerprint density at radius 3 is 2.41 bits per heavy atom. The highest BCUT2D eigenvalue weighted by molar-refractivity contribution is 5.91. The van der Waals surface area contributed by atoms with Crippen LogP contribution in [0.25, 0.3) is 0 Å². The van der Waals surface area contributed by atoms with Crippen LogP contribution in [0.3, 0.4) is 0 Å². The second-order valence-electron chi connectivity index (χ2n) is 10.7. The number of benzene rings is 1. The molecule has 0 N–H and O–H groups in total. The lowest BCUT2D eigenvalue weighted by Gasteiger charge is -2.42. The van der Waals surface area contributed by atoms with Crippen molar-refractivity contribution in [2.24, 2.45) is 0 Å². The zero-order chi connectivity index (χ0) is 24.5. The summed E-state index contributed by atoms with van der Waals surface area (Å²) in [5.41, 5.74) is 5.68. The van der Waals surface area contributed by atoms with E-state index < -0.39 is 0 Å². The van der Waals surface area contributed by atoms with Gasteiger partial charge in [-0.15, -0.1) is 0 Å². The minimum atomic E-state index is -0.233. The minimum Gasteiger partial charge on any atom is -0.467 e. The molecule has 1 aliphatic carbocycles. The summed E-state index contributed by atoms with van der Waals surface area (Å²) in [6, 6.07) is 14.0. The number of aryl methyl sites for hydroxylation is 1. The van der Waals surface area contributed by atoms with Crippen molar-refractivity contribution in [1.29, 1.82) is 5.26 Å². The van der Waals surface area contributed by atoms with Crippen molar-refractivity contribution >= 4 is 5.91 Å². The van der Waals surface area contributed by atoms with Gasteiger partial charge in [0.05, 0.1) is 25.3 Å². The van der Waals surface area contributed by atoms with E-state index in [1.807, 2.05) is 12.1 Å². The first-order valence-electron chi connectivity index (χ1n) is 12.0. The van der Waals surface area contributed by atoms with Crippen LogP contribution in [0, 0.1) is 18.3 Å². The summed E-state index contributed by atoms with van der Waals surface area (Å²) in [7, 11) is 0. The van der Waals surface area contributed by atoms with Crippen molar-refractivity contribution in [3.8, 4) is 6.07 Å². The molecule has 2 aromatic heterocycles. The van der Waals surface area contributed by atoms with Crippen LogP contribution in [0.5, 0.6) is 0 Å². The summed E-state index contributed by atoms with van der Waals surface area (Å²) in [5, 5.41) is 9.01. The molecule has 0 aliphatic heterocycles. The van der Waals surface area contributed by atoms with E-state index in [0.29, 0.717) is 25.3 Å². The van der Waals surface area contributed by atoms with Gasteiger partial charge < -0.3 is 13.7 Å². The summed E-state index contributed by atoms with van der Waals surface area (Å²) >= 11 is 0. The van der Waals surface area contributed by atoms with Crippen LogP contribution in [0.15, 0.2) is 51.5 Å². The fourth-order valence-corrected chi connectivity index (χ4v) is 4.92. The lowest BCUT2D eigenvalue weighted by Crippen LogP contribution is -2.34. The molecule has 0 bridgehead atoms. The number of carbonyl (C=O) groups excluding carboxylic acids is 1. The zero-order valence-corrected chi connectivity index (χ0v) is 20.9. The number of furan rings is 2. The summed E-state index contributed by atoms with van der Waals surface area (Å²) < 4.78 is 11.4. The molecule has 3 aromatic rings. The Labute approximate surface area is 202 Å². The Hall–Kier alpha value is -3.26. The summed E-state index contributed by atoms with van der Waals surface area (Å²) in [6.45, 7) is 12.1. The lowest BCUT2D eigenvalue weighted by molar-refractivity contribution is 0.0701. The Balaban J connectivity index is 1.57. The summed E-state index contributed by atoms with van der Waals surface area (Å²) in [4.78, 5) is 14.7. The fraction of sp³-hybridized carbons (Fsp3) is 0.448. The van der Waals surface area contributed by atoms with Gasteiger partial charge in [0.2, 0.25) is 0 Å². The molecular formula is C29H34N2O3. The molecule has 0 radical (unpaired) electrons. The maximum absolute atomic E-state index is 13.1. The molecule has 4 rings (SSSR count). The highest BCUT2D eigenvalue weighted by Gasteiger charge is 2.37. The number of fused-ring (bicyclic) bond motifs is 1. The third-order valence-corrected chi connectivity index (χ3v) is 7.25. The predicted molar refractivity (Wildman–Crippen MR) is 132 cm³/mol. The van der Waals surface area contributed by atoms with Gasteiger partial charge in [0, 0.05) is 13.0 Å². The van der Waals surface area contributed by atoms with Crippen LogP contribution in [0.4, 0.5) is 0 Å². The Kier molecular flexibility index (Phi) is 6.45. The Bertz CT molecular complexity index is 1210.